The van der Waals surface area contributed by atoms with Gasteiger partial charge in [-0.15, -0.1) is 5.10 Å². The average Bonchev–Trinajstić information content (AvgIpc) is 3.19. The molecule has 12 heteroatoms. The van der Waals surface area contributed by atoms with Crippen molar-refractivity contribution in [1.29, 1.82) is 0 Å². The van der Waals surface area contributed by atoms with Gasteiger partial charge in [-0.25, -0.2) is 13.2 Å². The van der Waals surface area contributed by atoms with Crippen LogP contribution in [0.5, 0.6) is 0 Å². The summed E-state index contributed by atoms with van der Waals surface area (Å²) in [5, 5.41) is 7.08. The Bertz CT molecular complexity index is 1000. The number of aromatic nitrogens is 2. The smallest absolute Gasteiger partial charge is 0.409 e. The summed E-state index contributed by atoms with van der Waals surface area (Å²) >= 11 is 5.90. The zero-order valence-corrected chi connectivity index (χ0v) is 17.1. The zero-order valence-electron chi connectivity index (χ0n) is 15.6. The van der Waals surface area contributed by atoms with E-state index in [2.05, 4.69) is 10.2 Å². The monoisotopic (exact) mass is 442 g/mol. The molecule has 2 aromatic rings. The maximum absolute atomic E-state index is 12.5. The van der Waals surface area contributed by atoms with E-state index in [0.29, 0.717) is 10.6 Å². The molecule has 1 aliphatic heterocycles. The molecule has 1 aromatic carbocycles. The fourth-order valence-corrected chi connectivity index (χ4v) is 3.93. The molecule has 2 amide bonds. The van der Waals surface area contributed by atoms with Gasteiger partial charge in [0.05, 0.1) is 6.61 Å². The molecule has 2 heterocycles. The summed E-state index contributed by atoms with van der Waals surface area (Å²) < 4.78 is 35.2. The van der Waals surface area contributed by atoms with E-state index >= 15 is 0 Å². The molecule has 0 radical (unpaired) electrons. The first-order valence-electron chi connectivity index (χ1n) is 8.82. The molecule has 0 atom stereocenters. The lowest BCUT2D eigenvalue weighted by Crippen LogP contribution is -2.51. The van der Waals surface area contributed by atoms with E-state index in [-0.39, 0.29) is 38.7 Å². The van der Waals surface area contributed by atoms with Gasteiger partial charge in [-0.05, 0) is 25.1 Å². The number of nitrogens with zero attached hydrogens (tertiary/aromatic N) is 4. The van der Waals surface area contributed by atoms with Crippen molar-refractivity contribution in [1.82, 2.24) is 20.0 Å². The van der Waals surface area contributed by atoms with Crippen molar-refractivity contribution in [2.75, 3.05) is 38.5 Å². The Kier molecular flexibility index (Phi) is 6.38. The van der Waals surface area contributed by atoms with Crippen LogP contribution in [0.2, 0.25) is 5.02 Å². The molecule has 1 aliphatic rings. The van der Waals surface area contributed by atoms with Gasteiger partial charge >= 0.3 is 11.3 Å². The van der Waals surface area contributed by atoms with Gasteiger partial charge in [0.1, 0.15) is 5.75 Å². The Morgan fingerprint density at radius 2 is 1.86 bits per heavy atom. The second-order valence-corrected chi connectivity index (χ2v) is 8.51. The standard InChI is InChI=1S/C17H19ClN4O6S/c1-2-27-17(24)22-8-6-21(7-9-22)14(23)11-29(25,26)16-20-19-15(28-16)12-4-3-5-13(18)10-12/h3-5,10H,2,6-9,11H2,1H3. The number of carbonyl (C=O) groups excluding carboxylic acids is 2. The third-order valence-electron chi connectivity index (χ3n) is 4.22. The van der Waals surface area contributed by atoms with Crippen LogP contribution in [0.4, 0.5) is 4.79 Å². The van der Waals surface area contributed by atoms with Crippen molar-refractivity contribution in [3.8, 4) is 11.5 Å². The van der Waals surface area contributed by atoms with Crippen LogP contribution in [0, 0.1) is 0 Å². The normalized spacial score (nSPS) is 14.7. The highest BCUT2D eigenvalue weighted by Crippen LogP contribution is 2.23. The molecule has 0 saturated carbocycles. The number of carbonyl (C=O) groups is 2. The number of rotatable bonds is 5. The van der Waals surface area contributed by atoms with Gasteiger partial charge in [-0.3, -0.25) is 4.79 Å². The van der Waals surface area contributed by atoms with E-state index in [1.807, 2.05) is 0 Å². The third kappa shape index (κ3) is 5.04. The van der Waals surface area contributed by atoms with Crippen LogP contribution in [0.15, 0.2) is 33.9 Å². The van der Waals surface area contributed by atoms with Crippen molar-refractivity contribution in [3.63, 3.8) is 0 Å². The summed E-state index contributed by atoms with van der Waals surface area (Å²) in [5.41, 5.74) is 0.466. The molecule has 1 saturated heterocycles. The van der Waals surface area contributed by atoms with Crippen molar-refractivity contribution in [2.45, 2.75) is 12.1 Å². The summed E-state index contributed by atoms with van der Waals surface area (Å²) in [4.78, 5) is 27.0. The van der Waals surface area contributed by atoms with Crippen LogP contribution in [-0.4, -0.2) is 79.0 Å². The predicted octanol–water partition coefficient (Wildman–Crippen LogP) is 1.46. The fraction of sp³-hybridized carbons (Fsp3) is 0.412. The number of benzene rings is 1. The molecule has 1 aromatic heterocycles. The van der Waals surface area contributed by atoms with E-state index in [1.165, 1.54) is 9.80 Å². The first kappa shape index (κ1) is 21.1. The summed E-state index contributed by atoms with van der Waals surface area (Å²) in [6, 6.07) is 6.51. The lowest BCUT2D eigenvalue weighted by Gasteiger charge is -2.33. The Labute approximate surface area is 172 Å². The van der Waals surface area contributed by atoms with Gasteiger partial charge in [0.25, 0.3) is 0 Å². The number of hydrogen-bond acceptors (Lipinski definition) is 8. The van der Waals surface area contributed by atoms with Crippen molar-refractivity contribution < 1.29 is 27.2 Å². The molecule has 156 valence electrons. The van der Waals surface area contributed by atoms with Crippen LogP contribution < -0.4 is 0 Å². The largest absolute Gasteiger partial charge is 0.450 e. The Morgan fingerprint density at radius 1 is 1.17 bits per heavy atom. The summed E-state index contributed by atoms with van der Waals surface area (Å²) in [7, 11) is -4.11. The molecule has 0 unspecified atom stereocenters. The molecular formula is C17H19ClN4O6S. The minimum atomic E-state index is -4.11. The van der Waals surface area contributed by atoms with Crippen LogP contribution in [-0.2, 0) is 19.4 Å². The lowest BCUT2D eigenvalue weighted by atomic mass is 10.2. The molecule has 3 rings (SSSR count). The van der Waals surface area contributed by atoms with Gasteiger partial charge in [0.2, 0.25) is 21.6 Å². The van der Waals surface area contributed by atoms with Gasteiger partial charge < -0.3 is 19.0 Å². The average molecular weight is 443 g/mol. The maximum atomic E-state index is 12.5. The topological polar surface area (TPSA) is 123 Å². The molecular weight excluding hydrogens is 424 g/mol. The van der Waals surface area contributed by atoms with Crippen molar-refractivity contribution in [3.05, 3.63) is 29.3 Å². The Balaban J connectivity index is 1.63. The number of piperazine rings is 1. The quantitative estimate of drug-likeness (QED) is 0.681. The van der Waals surface area contributed by atoms with Gasteiger partial charge in [0.15, 0.2) is 0 Å². The van der Waals surface area contributed by atoms with Crippen molar-refractivity contribution in [2.24, 2.45) is 0 Å². The molecule has 0 bridgehead atoms. The first-order valence-corrected chi connectivity index (χ1v) is 10.8. The van der Waals surface area contributed by atoms with Crippen molar-refractivity contribution >= 4 is 33.4 Å². The summed E-state index contributed by atoms with van der Waals surface area (Å²) in [6.45, 7) is 2.93. The zero-order chi connectivity index (χ0) is 21.0. The first-order chi connectivity index (χ1) is 13.8. The molecule has 1 fully saturated rings. The fourth-order valence-electron chi connectivity index (χ4n) is 2.74. The third-order valence-corrected chi connectivity index (χ3v) is 5.78. The van der Waals surface area contributed by atoms with Crippen LogP contribution in [0.3, 0.4) is 0 Å². The number of amides is 2. The molecule has 0 aliphatic carbocycles. The van der Waals surface area contributed by atoms with Gasteiger partial charge in [-0.2, -0.15) is 0 Å². The summed E-state index contributed by atoms with van der Waals surface area (Å²) in [6.07, 6.45) is -0.452. The molecule has 0 spiro atoms. The SMILES string of the molecule is CCOC(=O)N1CCN(C(=O)CS(=O)(=O)c2nnc(-c3cccc(Cl)c3)o2)CC1. The molecule has 10 nitrogen and oxygen atoms in total. The highest BCUT2D eigenvalue weighted by Gasteiger charge is 2.31. The van der Waals surface area contributed by atoms with Crippen LogP contribution in [0.1, 0.15) is 6.92 Å². The lowest BCUT2D eigenvalue weighted by molar-refractivity contribution is -0.130. The second-order valence-electron chi connectivity index (χ2n) is 6.21. The summed E-state index contributed by atoms with van der Waals surface area (Å²) in [5.74, 6) is -1.42. The highest BCUT2D eigenvalue weighted by molar-refractivity contribution is 7.91. The van der Waals surface area contributed by atoms with Crippen LogP contribution >= 0.6 is 11.6 Å². The molecule has 29 heavy (non-hydrogen) atoms. The van der Waals surface area contributed by atoms with E-state index in [9.17, 15) is 18.0 Å². The highest BCUT2D eigenvalue weighted by atomic mass is 35.5. The van der Waals surface area contributed by atoms with E-state index in [1.54, 1.807) is 31.2 Å². The maximum Gasteiger partial charge on any atom is 0.409 e. The van der Waals surface area contributed by atoms with Crippen LogP contribution in [0.25, 0.3) is 11.5 Å². The van der Waals surface area contributed by atoms with Gasteiger partial charge in [0, 0.05) is 36.8 Å². The second kappa shape index (κ2) is 8.78. The van der Waals surface area contributed by atoms with Gasteiger partial charge in [-0.1, -0.05) is 22.8 Å². The predicted molar refractivity (Wildman–Crippen MR) is 102 cm³/mol. The van der Waals surface area contributed by atoms with E-state index in [0.717, 1.165) is 0 Å². The number of sulfone groups is 1. The van der Waals surface area contributed by atoms with E-state index < -0.39 is 32.8 Å². The Hall–Kier alpha value is -2.66. The number of ether oxygens (including phenoxy) is 1. The minimum absolute atomic E-state index is 0.0124. The minimum Gasteiger partial charge on any atom is -0.450 e. The number of halogens is 1. The Morgan fingerprint density at radius 3 is 2.52 bits per heavy atom. The molecule has 0 N–H and O–H groups in total. The van der Waals surface area contributed by atoms with E-state index in [4.69, 9.17) is 20.8 Å². The number of hydrogen-bond donors (Lipinski definition) is 0.